The quantitative estimate of drug-likeness (QED) is 0.682. The summed E-state index contributed by atoms with van der Waals surface area (Å²) in [5, 5.41) is 0. The van der Waals surface area contributed by atoms with Crippen molar-refractivity contribution in [2.45, 2.75) is 44.2 Å². The molecule has 0 aliphatic carbocycles. The highest BCUT2D eigenvalue weighted by Crippen LogP contribution is 2.53. The smallest absolute Gasteiger partial charge is 0.274 e. The van der Waals surface area contributed by atoms with Gasteiger partial charge in [-0.15, -0.1) is 0 Å². The molecule has 0 spiro atoms. The van der Waals surface area contributed by atoms with Crippen molar-refractivity contribution in [2.24, 2.45) is 0 Å². The second-order valence-corrected chi connectivity index (χ2v) is 7.82. The van der Waals surface area contributed by atoms with Gasteiger partial charge in [-0.2, -0.15) is 0 Å². The van der Waals surface area contributed by atoms with E-state index in [2.05, 4.69) is 25.9 Å². The van der Waals surface area contributed by atoms with Gasteiger partial charge < -0.3 is 9.41 Å². The van der Waals surface area contributed by atoms with Gasteiger partial charge in [0.05, 0.1) is 0 Å². The summed E-state index contributed by atoms with van der Waals surface area (Å²) in [4.78, 5) is 3.48. The zero-order chi connectivity index (χ0) is 9.19. The summed E-state index contributed by atoms with van der Waals surface area (Å²) in [6.45, 7) is 4.54. The zero-order valence-corrected chi connectivity index (χ0v) is 9.68. The largest absolute Gasteiger partial charge is 0.406 e. The fourth-order valence-electron chi connectivity index (χ4n) is 2.65. The molecule has 1 rings (SSSR count). The molecule has 0 aromatic rings. The zero-order valence-electron chi connectivity index (χ0n) is 8.68. The Morgan fingerprint density at radius 2 is 1.83 bits per heavy atom. The number of nitrogens with one attached hydrogen (secondary N) is 1. The van der Waals surface area contributed by atoms with Crippen molar-refractivity contribution in [2.75, 3.05) is 14.2 Å². The Labute approximate surface area is 76.9 Å². The van der Waals surface area contributed by atoms with Gasteiger partial charge in [-0.05, 0) is 24.6 Å². The van der Waals surface area contributed by atoms with Crippen LogP contribution in [-0.4, -0.2) is 22.6 Å². The van der Waals surface area contributed by atoms with E-state index in [1.54, 1.807) is 0 Å². The lowest BCUT2D eigenvalue weighted by molar-refractivity contribution is 0.296. The summed E-state index contributed by atoms with van der Waals surface area (Å²) in [6, 6.07) is 0. The SMILES string of the molecule is CCC1CC(CC)[Si]1(NC)OC. The van der Waals surface area contributed by atoms with Crippen molar-refractivity contribution >= 4 is 8.48 Å². The Balaban J connectivity index is 2.65. The van der Waals surface area contributed by atoms with E-state index in [1.807, 2.05) is 7.11 Å². The predicted octanol–water partition coefficient (Wildman–Crippen LogP) is 2.26. The van der Waals surface area contributed by atoms with Crippen LogP contribution < -0.4 is 4.98 Å². The van der Waals surface area contributed by atoms with Crippen molar-refractivity contribution in [1.82, 2.24) is 4.98 Å². The van der Waals surface area contributed by atoms with Gasteiger partial charge in [-0.3, -0.25) is 0 Å². The van der Waals surface area contributed by atoms with Crippen molar-refractivity contribution in [3.05, 3.63) is 0 Å². The molecule has 1 aliphatic rings. The standard InChI is InChI=1S/C9H21NOSi/c1-5-8-7-9(6-2)12(8,10-3)11-4/h8-10H,5-7H2,1-4H3. The summed E-state index contributed by atoms with van der Waals surface area (Å²) in [7, 11) is 2.45. The van der Waals surface area contributed by atoms with Gasteiger partial charge in [0.15, 0.2) is 0 Å². The van der Waals surface area contributed by atoms with E-state index < -0.39 is 8.48 Å². The molecular weight excluding hydrogens is 166 g/mol. The van der Waals surface area contributed by atoms with E-state index >= 15 is 0 Å². The molecular formula is C9H21NOSi. The highest BCUT2D eigenvalue weighted by molar-refractivity contribution is 6.77. The Kier molecular flexibility index (Phi) is 3.32. The average Bonchev–Trinajstić information content (AvgIpc) is 2.07. The normalized spacial score (nSPS) is 41.0. The molecule has 3 heteroatoms. The van der Waals surface area contributed by atoms with Gasteiger partial charge in [-0.1, -0.05) is 26.7 Å². The van der Waals surface area contributed by atoms with Crippen molar-refractivity contribution in [1.29, 1.82) is 0 Å². The number of hydrogen-bond donors (Lipinski definition) is 1. The Morgan fingerprint density at radius 1 is 1.33 bits per heavy atom. The maximum atomic E-state index is 5.76. The lowest BCUT2D eigenvalue weighted by Crippen LogP contribution is -2.65. The van der Waals surface area contributed by atoms with Crippen LogP contribution >= 0.6 is 0 Å². The minimum atomic E-state index is -1.50. The Bertz CT molecular complexity index is 135. The van der Waals surface area contributed by atoms with E-state index in [-0.39, 0.29) is 0 Å². The predicted molar refractivity (Wildman–Crippen MR) is 54.5 cm³/mol. The Morgan fingerprint density at radius 3 is 2.08 bits per heavy atom. The van der Waals surface area contributed by atoms with E-state index in [4.69, 9.17) is 4.43 Å². The monoisotopic (exact) mass is 187 g/mol. The summed E-state index contributed by atoms with van der Waals surface area (Å²) in [6.07, 6.45) is 3.93. The second-order valence-electron chi connectivity index (χ2n) is 3.69. The van der Waals surface area contributed by atoms with Gasteiger partial charge in [0.1, 0.15) is 0 Å². The molecule has 2 atom stereocenters. The number of hydrogen-bond acceptors (Lipinski definition) is 2. The summed E-state index contributed by atoms with van der Waals surface area (Å²) in [5.74, 6) is 0. The highest BCUT2D eigenvalue weighted by atomic mass is 28.4. The molecule has 2 nitrogen and oxygen atoms in total. The molecule has 1 heterocycles. The maximum Gasteiger partial charge on any atom is 0.274 e. The molecule has 0 bridgehead atoms. The average molecular weight is 187 g/mol. The minimum absolute atomic E-state index is 0.845. The third-order valence-corrected chi connectivity index (χ3v) is 8.67. The third kappa shape index (κ3) is 1.24. The third-order valence-electron chi connectivity index (χ3n) is 3.50. The van der Waals surface area contributed by atoms with Crippen LogP contribution in [-0.2, 0) is 4.43 Å². The molecule has 1 N–H and O–H groups in total. The van der Waals surface area contributed by atoms with Crippen LogP contribution in [0.2, 0.25) is 11.1 Å². The molecule has 0 aromatic carbocycles. The molecule has 1 fully saturated rings. The molecule has 0 amide bonds. The second kappa shape index (κ2) is 3.90. The van der Waals surface area contributed by atoms with Crippen LogP contribution in [0.25, 0.3) is 0 Å². The molecule has 0 aromatic heterocycles. The maximum absolute atomic E-state index is 5.76. The van der Waals surface area contributed by atoms with E-state index in [0.29, 0.717) is 0 Å². The topological polar surface area (TPSA) is 21.3 Å². The molecule has 0 saturated carbocycles. The molecule has 2 unspecified atom stereocenters. The first-order valence-corrected chi connectivity index (χ1v) is 7.05. The van der Waals surface area contributed by atoms with Gasteiger partial charge in [0.2, 0.25) is 0 Å². The van der Waals surface area contributed by atoms with Gasteiger partial charge in [0.25, 0.3) is 8.48 Å². The van der Waals surface area contributed by atoms with Crippen LogP contribution in [0.15, 0.2) is 0 Å². The first-order valence-electron chi connectivity index (χ1n) is 4.99. The van der Waals surface area contributed by atoms with Gasteiger partial charge in [-0.25, -0.2) is 0 Å². The van der Waals surface area contributed by atoms with Gasteiger partial charge >= 0.3 is 0 Å². The van der Waals surface area contributed by atoms with E-state index in [9.17, 15) is 0 Å². The van der Waals surface area contributed by atoms with Crippen molar-refractivity contribution < 1.29 is 4.43 Å². The van der Waals surface area contributed by atoms with E-state index in [1.165, 1.54) is 19.3 Å². The molecule has 0 radical (unpaired) electrons. The van der Waals surface area contributed by atoms with Crippen molar-refractivity contribution in [3.8, 4) is 0 Å². The fourth-order valence-corrected chi connectivity index (χ4v) is 7.05. The highest BCUT2D eigenvalue weighted by Gasteiger charge is 2.56. The first-order chi connectivity index (χ1) is 5.75. The minimum Gasteiger partial charge on any atom is -0.406 e. The van der Waals surface area contributed by atoms with Crippen LogP contribution in [0, 0.1) is 0 Å². The summed E-state index contributed by atoms with van der Waals surface area (Å²) in [5.41, 5.74) is 1.69. The Hall–Kier alpha value is 0.137. The first kappa shape index (κ1) is 10.2. The molecule has 12 heavy (non-hydrogen) atoms. The number of rotatable bonds is 4. The summed E-state index contributed by atoms with van der Waals surface area (Å²) >= 11 is 0. The molecule has 72 valence electrons. The fraction of sp³-hybridized carbons (Fsp3) is 1.00. The van der Waals surface area contributed by atoms with Crippen LogP contribution in [0.5, 0.6) is 0 Å². The van der Waals surface area contributed by atoms with Crippen LogP contribution in [0.3, 0.4) is 0 Å². The van der Waals surface area contributed by atoms with E-state index in [0.717, 1.165) is 11.1 Å². The molecule has 1 aliphatic heterocycles. The van der Waals surface area contributed by atoms with Crippen LogP contribution in [0.1, 0.15) is 33.1 Å². The lowest BCUT2D eigenvalue weighted by atomic mass is 10.1. The van der Waals surface area contributed by atoms with Gasteiger partial charge in [0, 0.05) is 7.11 Å². The van der Waals surface area contributed by atoms with Crippen LogP contribution in [0.4, 0.5) is 0 Å². The molecule has 1 saturated heterocycles. The lowest BCUT2D eigenvalue weighted by Gasteiger charge is -2.51. The van der Waals surface area contributed by atoms with Crippen molar-refractivity contribution in [3.63, 3.8) is 0 Å². The summed E-state index contributed by atoms with van der Waals surface area (Å²) < 4.78 is 5.76.